The molecule has 0 bridgehead atoms. The molecule has 16 heavy (non-hydrogen) atoms. The van der Waals surface area contributed by atoms with Crippen molar-refractivity contribution in [3.05, 3.63) is 53.8 Å². The maximum atomic E-state index is 11.7. The number of phenolic OH excluding ortho intramolecular Hbond substituents is 1. The van der Waals surface area contributed by atoms with Gasteiger partial charge in [-0.15, -0.1) is 0 Å². The van der Waals surface area contributed by atoms with Gasteiger partial charge in [0.25, 0.3) is 0 Å². The van der Waals surface area contributed by atoms with E-state index in [-0.39, 0.29) is 11.3 Å². The molecule has 0 saturated heterocycles. The molecule has 1 N–H and O–H groups in total. The lowest BCUT2D eigenvalue weighted by atomic mass is 10.1. The number of carbonyl (C=O) groups excluding carboxylic acids is 1. The Balaban J connectivity index is 2.12. The molecule has 0 fully saturated rings. The fraction of sp³-hybridized carbons (Fsp3) is 0.154. The summed E-state index contributed by atoms with van der Waals surface area (Å²) < 4.78 is 5.17. The van der Waals surface area contributed by atoms with Crippen molar-refractivity contribution in [1.82, 2.24) is 0 Å². The summed E-state index contributed by atoms with van der Waals surface area (Å²) in [5, 5.41) is 9.48. The zero-order valence-corrected chi connectivity index (χ0v) is 8.72. The summed E-state index contributed by atoms with van der Waals surface area (Å²) in [6.07, 6.45) is 7.23. The highest BCUT2D eigenvalue weighted by Crippen LogP contribution is 2.20. The van der Waals surface area contributed by atoms with Crippen molar-refractivity contribution in [3.8, 4) is 5.75 Å². The molecule has 0 amide bonds. The summed E-state index contributed by atoms with van der Waals surface area (Å²) in [6.45, 7) is 0. The number of hydrogen-bond acceptors (Lipinski definition) is 3. The van der Waals surface area contributed by atoms with Gasteiger partial charge in [0.15, 0.2) is 0 Å². The Morgan fingerprint density at radius 1 is 1.31 bits per heavy atom. The van der Waals surface area contributed by atoms with Gasteiger partial charge in [-0.2, -0.15) is 0 Å². The summed E-state index contributed by atoms with van der Waals surface area (Å²) in [4.78, 5) is 11.7. The fourth-order valence-corrected chi connectivity index (χ4v) is 1.49. The third-order valence-corrected chi connectivity index (χ3v) is 2.32. The normalized spacial score (nSPS) is 14.4. The molecule has 0 atom stereocenters. The number of phenols is 1. The highest BCUT2D eigenvalue weighted by Gasteiger charge is 2.14. The van der Waals surface area contributed by atoms with E-state index in [0.29, 0.717) is 5.76 Å². The largest absolute Gasteiger partial charge is 0.507 e. The molecule has 1 aliphatic rings. The monoisotopic (exact) mass is 216 g/mol. The van der Waals surface area contributed by atoms with Gasteiger partial charge in [0.1, 0.15) is 17.1 Å². The number of para-hydroxylation sites is 1. The van der Waals surface area contributed by atoms with Crippen LogP contribution in [0.25, 0.3) is 0 Å². The number of ether oxygens (including phenoxy) is 1. The molecule has 0 saturated carbocycles. The van der Waals surface area contributed by atoms with Crippen LogP contribution in [0.2, 0.25) is 0 Å². The molecule has 0 spiro atoms. The van der Waals surface area contributed by atoms with Gasteiger partial charge in [-0.25, -0.2) is 4.79 Å². The first kappa shape index (κ1) is 10.5. The molecular formula is C13H12O3. The van der Waals surface area contributed by atoms with Crippen LogP contribution in [-0.2, 0) is 4.74 Å². The number of allylic oxidation sites excluding steroid dienone is 4. The van der Waals surface area contributed by atoms with Crippen LogP contribution in [0.4, 0.5) is 0 Å². The molecule has 0 aliphatic heterocycles. The van der Waals surface area contributed by atoms with Crippen molar-refractivity contribution < 1.29 is 14.6 Å². The summed E-state index contributed by atoms with van der Waals surface area (Å²) in [5.74, 6) is 0.0647. The molecule has 0 heterocycles. The van der Waals surface area contributed by atoms with Crippen LogP contribution in [0, 0.1) is 0 Å². The van der Waals surface area contributed by atoms with E-state index in [0.717, 1.165) is 12.8 Å². The van der Waals surface area contributed by atoms with E-state index in [9.17, 15) is 9.90 Å². The highest BCUT2D eigenvalue weighted by molar-refractivity contribution is 5.92. The second-order valence-electron chi connectivity index (χ2n) is 3.51. The topological polar surface area (TPSA) is 46.5 Å². The van der Waals surface area contributed by atoms with Crippen LogP contribution in [0.15, 0.2) is 48.3 Å². The van der Waals surface area contributed by atoms with E-state index in [4.69, 9.17) is 4.74 Å². The van der Waals surface area contributed by atoms with E-state index in [1.54, 1.807) is 18.2 Å². The van der Waals surface area contributed by atoms with Crippen LogP contribution in [0.5, 0.6) is 5.75 Å². The predicted molar refractivity (Wildman–Crippen MR) is 60.0 cm³/mol. The highest BCUT2D eigenvalue weighted by atomic mass is 16.5. The number of aromatic hydroxyl groups is 1. The minimum atomic E-state index is -0.514. The standard InChI is InChI=1S/C13H12O3/c14-12-9-5-4-8-11(12)13(15)16-10-6-2-1-3-7-10/h1-2,4-6,8-9,14H,3,7H2. The molecular weight excluding hydrogens is 204 g/mol. The number of benzene rings is 1. The first-order chi connectivity index (χ1) is 7.77. The molecule has 0 unspecified atom stereocenters. The smallest absolute Gasteiger partial charge is 0.346 e. The molecule has 3 nitrogen and oxygen atoms in total. The van der Waals surface area contributed by atoms with Crippen LogP contribution < -0.4 is 0 Å². The SMILES string of the molecule is O=C(OC1=CC=CCC1)c1ccccc1O. The van der Waals surface area contributed by atoms with E-state index in [1.165, 1.54) is 12.1 Å². The lowest BCUT2D eigenvalue weighted by Crippen LogP contribution is -2.06. The van der Waals surface area contributed by atoms with Crippen LogP contribution in [0.3, 0.4) is 0 Å². The van der Waals surface area contributed by atoms with Gasteiger partial charge >= 0.3 is 5.97 Å². The minimum absolute atomic E-state index is 0.0561. The van der Waals surface area contributed by atoms with Crippen molar-refractivity contribution in [3.63, 3.8) is 0 Å². The first-order valence-electron chi connectivity index (χ1n) is 5.13. The average molecular weight is 216 g/mol. The zero-order valence-electron chi connectivity index (χ0n) is 8.72. The Morgan fingerprint density at radius 2 is 2.12 bits per heavy atom. The molecule has 1 aliphatic carbocycles. The van der Waals surface area contributed by atoms with Crippen LogP contribution in [0.1, 0.15) is 23.2 Å². The second kappa shape index (κ2) is 4.66. The van der Waals surface area contributed by atoms with Gasteiger partial charge in [0.05, 0.1) is 0 Å². The second-order valence-corrected chi connectivity index (χ2v) is 3.51. The molecule has 1 aromatic rings. The molecule has 82 valence electrons. The Morgan fingerprint density at radius 3 is 2.81 bits per heavy atom. The molecule has 1 aromatic carbocycles. The van der Waals surface area contributed by atoms with Gasteiger partial charge < -0.3 is 9.84 Å². The predicted octanol–water partition coefficient (Wildman–Crippen LogP) is 2.78. The van der Waals surface area contributed by atoms with Gasteiger partial charge in [0, 0.05) is 6.42 Å². The molecule has 0 aromatic heterocycles. The lowest BCUT2D eigenvalue weighted by Gasteiger charge is -2.10. The van der Waals surface area contributed by atoms with Crippen molar-refractivity contribution in [2.45, 2.75) is 12.8 Å². The number of rotatable bonds is 2. The average Bonchev–Trinajstić information content (AvgIpc) is 2.31. The van der Waals surface area contributed by atoms with Crippen LogP contribution >= 0.6 is 0 Å². The molecule has 3 heteroatoms. The number of carbonyl (C=O) groups is 1. The maximum Gasteiger partial charge on any atom is 0.346 e. The molecule has 2 rings (SSSR count). The molecule has 0 radical (unpaired) electrons. The first-order valence-corrected chi connectivity index (χ1v) is 5.13. The maximum absolute atomic E-state index is 11.7. The quantitative estimate of drug-likeness (QED) is 0.773. The lowest BCUT2D eigenvalue weighted by molar-refractivity contribution is 0.0610. The van der Waals surface area contributed by atoms with Crippen molar-refractivity contribution in [1.29, 1.82) is 0 Å². The third kappa shape index (κ3) is 2.31. The summed E-state index contributed by atoms with van der Waals surface area (Å²) >= 11 is 0. The Labute approximate surface area is 93.7 Å². The summed E-state index contributed by atoms with van der Waals surface area (Å²) in [7, 11) is 0. The Hall–Kier alpha value is -2.03. The minimum Gasteiger partial charge on any atom is -0.507 e. The fourth-order valence-electron chi connectivity index (χ4n) is 1.49. The van der Waals surface area contributed by atoms with Gasteiger partial charge in [-0.1, -0.05) is 24.3 Å². The number of hydrogen-bond donors (Lipinski definition) is 1. The van der Waals surface area contributed by atoms with Gasteiger partial charge in [0.2, 0.25) is 0 Å². The van der Waals surface area contributed by atoms with E-state index in [2.05, 4.69) is 0 Å². The summed E-state index contributed by atoms with van der Waals surface area (Å²) in [5.41, 5.74) is 0.193. The Bertz CT molecular complexity index is 458. The van der Waals surface area contributed by atoms with E-state index < -0.39 is 5.97 Å². The van der Waals surface area contributed by atoms with E-state index in [1.807, 2.05) is 12.2 Å². The third-order valence-electron chi connectivity index (χ3n) is 2.32. The van der Waals surface area contributed by atoms with Gasteiger partial charge in [-0.3, -0.25) is 0 Å². The van der Waals surface area contributed by atoms with Crippen molar-refractivity contribution in [2.24, 2.45) is 0 Å². The van der Waals surface area contributed by atoms with Crippen LogP contribution in [-0.4, -0.2) is 11.1 Å². The van der Waals surface area contributed by atoms with E-state index >= 15 is 0 Å². The number of esters is 1. The van der Waals surface area contributed by atoms with Gasteiger partial charge in [-0.05, 0) is 24.6 Å². The zero-order chi connectivity index (χ0) is 11.4. The summed E-state index contributed by atoms with van der Waals surface area (Å²) in [6, 6.07) is 6.35. The van der Waals surface area contributed by atoms with Crippen molar-refractivity contribution >= 4 is 5.97 Å². The van der Waals surface area contributed by atoms with Crippen molar-refractivity contribution in [2.75, 3.05) is 0 Å². The Kier molecular flexibility index (Phi) is 3.05.